The van der Waals surface area contributed by atoms with E-state index in [0.717, 1.165) is 24.5 Å². The molecule has 2 N–H and O–H groups in total. The van der Waals surface area contributed by atoms with Crippen molar-refractivity contribution in [3.05, 3.63) is 58.2 Å². The van der Waals surface area contributed by atoms with E-state index in [1.54, 1.807) is 15.9 Å². The Morgan fingerprint density at radius 1 is 1.31 bits per heavy atom. The molecule has 152 valence electrons. The molecule has 1 saturated heterocycles. The van der Waals surface area contributed by atoms with Crippen LogP contribution in [-0.4, -0.2) is 57.9 Å². The predicted octanol–water partition coefficient (Wildman–Crippen LogP) is 2.69. The van der Waals surface area contributed by atoms with E-state index in [4.69, 9.17) is 17.0 Å². The van der Waals surface area contributed by atoms with Gasteiger partial charge in [0.15, 0.2) is 10.6 Å². The molecule has 29 heavy (non-hydrogen) atoms. The van der Waals surface area contributed by atoms with Gasteiger partial charge in [-0.15, -0.1) is 11.3 Å². The lowest BCUT2D eigenvalue weighted by Gasteiger charge is -2.33. The summed E-state index contributed by atoms with van der Waals surface area (Å²) >= 11 is 6.85. The number of nitrogens with one attached hydrogen (secondary N) is 2. The number of nitrogens with zero attached hydrogens (tertiary/aromatic N) is 3. The highest BCUT2D eigenvalue weighted by Crippen LogP contribution is 2.22. The first-order valence-corrected chi connectivity index (χ1v) is 10.8. The van der Waals surface area contributed by atoms with Crippen molar-refractivity contribution in [1.82, 2.24) is 25.0 Å². The number of aromatic nitrogens is 3. The zero-order chi connectivity index (χ0) is 20.1. The minimum absolute atomic E-state index is 0.0227. The maximum absolute atomic E-state index is 12.5. The second kappa shape index (κ2) is 9.45. The van der Waals surface area contributed by atoms with Crippen LogP contribution in [0.1, 0.15) is 5.56 Å². The van der Waals surface area contributed by atoms with Gasteiger partial charge in [0.25, 0.3) is 0 Å². The molecule has 1 fully saturated rings. The number of hydrogen-bond donors (Lipinski definition) is 2. The molecule has 7 nitrogen and oxygen atoms in total. The van der Waals surface area contributed by atoms with E-state index in [1.807, 2.05) is 23.6 Å². The zero-order valence-corrected chi connectivity index (χ0v) is 17.5. The van der Waals surface area contributed by atoms with Crippen LogP contribution in [0.3, 0.4) is 0 Å². The van der Waals surface area contributed by atoms with Gasteiger partial charge < -0.3 is 10.1 Å². The maximum Gasteiger partial charge on any atom is 0.240 e. The van der Waals surface area contributed by atoms with Crippen LogP contribution in [0, 0.1) is 4.77 Å². The molecule has 3 heterocycles. The summed E-state index contributed by atoms with van der Waals surface area (Å²) in [6.45, 7) is 3.85. The molecule has 1 amide bonds. The molecule has 1 aliphatic rings. The largest absolute Gasteiger partial charge is 0.374 e. The van der Waals surface area contributed by atoms with E-state index in [0.29, 0.717) is 23.7 Å². The molecule has 0 radical (unpaired) electrons. The number of H-pyrrole nitrogens is 1. The molecule has 4 rings (SSSR count). The van der Waals surface area contributed by atoms with Gasteiger partial charge in [0.1, 0.15) is 6.54 Å². The van der Waals surface area contributed by atoms with E-state index in [9.17, 15) is 4.79 Å². The maximum atomic E-state index is 12.5. The number of carbonyl (C=O) groups excluding carboxylic acids is 1. The minimum Gasteiger partial charge on any atom is -0.374 e. The Labute approximate surface area is 178 Å². The van der Waals surface area contributed by atoms with Gasteiger partial charge >= 0.3 is 0 Å². The van der Waals surface area contributed by atoms with Gasteiger partial charge in [0.2, 0.25) is 5.91 Å². The van der Waals surface area contributed by atoms with E-state index in [1.165, 1.54) is 5.56 Å². The van der Waals surface area contributed by atoms with Crippen molar-refractivity contribution < 1.29 is 9.53 Å². The average Bonchev–Trinajstić information content (AvgIpc) is 3.38. The Hall–Kier alpha value is -2.33. The van der Waals surface area contributed by atoms with Crippen molar-refractivity contribution in [2.45, 2.75) is 19.2 Å². The highest BCUT2D eigenvalue weighted by Gasteiger charge is 2.21. The van der Waals surface area contributed by atoms with Crippen LogP contribution in [0.4, 0.5) is 0 Å². The van der Waals surface area contributed by atoms with Crippen molar-refractivity contribution in [2.24, 2.45) is 0 Å². The lowest BCUT2D eigenvalue weighted by molar-refractivity contribution is -0.122. The number of thiophene rings is 1. The fraction of sp³-hybridized carbons (Fsp3) is 0.350. The monoisotopic (exact) mass is 429 g/mol. The fourth-order valence-electron chi connectivity index (χ4n) is 3.37. The predicted molar refractivity (Wildman–Crippen MR) is 115 cm³/mol. The van der Waals surface area contributed by atoms with Gasteiger partial charge in [-0.1, -0.05) is 36.4 Å². The van der Waals surface area contributed by atoms with Crippen LogP contribution in [0.15, 0.2) is 47.8 Å². The first-order valence-electron chi connectivity index (χ1n) is 9.52. The van der Waals surface area contributed by atoms with E-state index >= 15 is 0 Å². The summed E-state index contributed by atoms with van der Waals surface area (Å²) in [6.07, 6.45) is -0.0227. The Bertz CT molecular complexity index is 984. The lowest BCUT2D eigenvalue weighted by atomic mass is 10.2. The molecule has 0 bridgehead atoms. The summed E-state index contributed by atoms with van der Waals surface area (Å²) in [4.78, 5) is 15.8. The van der Waals surface area contributed by atoms with Crippen molar-refractivity contribution in [1.29, 1.82) is 0 Å². The Morgan fingerprint density at radius 3 is 2.97 bits per heavy atom. The highest BCUT2D eigenvalue weighted by atomic mass is 32.1. The van der Waals surface area contributed by atoms with Gasteiger partial charge in [0, 0.05) is 26.2 Å². The molecular weight excluding hydrogens is 406 g/mol. The van der Waals surface area contributed by atoms with Crippen LogP contribution < -0.4 is 5.32 Å². The van der Waals surface area contributed by atoms with Gasteiger partial charge in [-0.25, -0.2) is 0 Å². The van der Waals surface area contributed by atoms with Gasteiger partial charge in [-0.2, -0.15) is 5.10 Å². The summed E-state index contributed by atoms with van der Waals surface area (Å²) in [5.41, 5.74) is 1.28. The molecule has 0 spiro atoms. The summed E-state index contributed by atoms with van der Waals surface area (Å²) in [7, 11) is 0. The van der Waals surface area contributed by atoms with Crippen LogP contribution in [0.25, 0.3) is 10.7 Å². The second-order valence-electron chi connectivity index (χ2n) is 6.93. The second-order valence-corrected chi connectivity index (χ2v) is 8.27. The molecule has 9 heteroatoms. The van der Waals surface area contributed by atoms with Crippen LogP contribution in [0.5, 0.6) is 0 Å². The molecule has 0 aliphatic carbocycles. The summed E-state index contributed by atoms with van der Waals surface area (Å²) < 4.78 is 8.00. The zero-order valence-electron chi connectivity index (χ0n) is 15.9. The number of ether oxygens (including phenoxy) is 1. The third kappa shape index (κ3) is 5.18. The van der Waals surface area contributed by atoms with Gasteiger partial charge in [-0.3, -0.25) is 19.4 Å². The summed E-state index contributed by atoms with van der Waals surface area (Å²) in [5, 5.41) is 12.0. The SMILES string of the molecule is O=C(Cn1c(-c2cccs2)n[nH]c1=S)NCC1CN(Cc2ccccc2)CCO1. The first-order chi connectivity index (χ1) is 14.2. The molecule has 1 atom stereocenters. The Balaban J connectivity index is 1.30. The van der Waals surface area contributed by atoms with E-state index < -0.39 is 0 Å². The number of morpholine rings is 1. The summed E-state index contributed by atoms with van der Waals surface area (Å²) in [6, 6.07) is 14.3. The number of carbonyl (C=O) groups is 1. The van der Waals surface area contributed by atoms with E-state index in [2.05, 4.69) is 44.7 Å². The standard InChI is InChI=1S/C20H23N5O2S2/c26-18(14-25-19(22-23-20(25)28)17-7-4-10-29-17)21-11-16-13-24(8-9-27-16)12-15-5-2-1-3-6-15/h1-7,10,16H,8-9,11-14H2,(H,21,26)(H,23,28). The van der Waals surface area contributed by atoms with Crippen molar-refractivity contribution in [2.75, 3.05) is 26.2 Å². The lowest BCUT2D eigenvalue weighted by Crippen LogP contribution is -2.47. The van der Waals surface area contributed by atoms with Crippen LogP contribution in [0.2, 0.25) is 0 Å². The third-order valence-electron chi connectivity index (χ3n) is 4.80. The number of hydrogen-bond acceptors (Lipinski definition) is 6. The molecular formula is C20H23N5O2S2. The molecule has 0 saturated carbocycles. The number of benzene rings is 1. The smallest absolute Gasteiger partial charge is 0.240 e. The third-order valence-corrected chi connectivity index (χ3v) is 5.98. The van der Waals surface area contributed by atoms with Gasteiger partial charge in [-0.05, 0) is 29.2 Å². The minimum atomic E-state index is -0.107. The van der Waals surface area contributed by atoms with Crippen LogP contribution in [-0.2, 0) is 22.6 Å². The number of rotatable bonds is 7. The van der Waals surface area contributed by atoms with Gasteiger partial charge in [0.05, 0.1) is 17.6 Å². The van der Waals surface area contributed by atoms with Crippen molar-refractivity contribution >= 4 is 29.5 Å². The topological polar surface area (TPSA) is 75.2 Å². The van der Waals surface area contributed by atoms with Crippen molar-refractivity contribution in [3.8, 4) is 10.7 Å². The Morgan fingerprint density at radius 2 is 2.17 bits per heavy atom. The molecule has 3 aromatic rings. The van der Waals surface area contributed by atoms with Crippen LogP contribution >= 0.6 is 23.6 Å². The number of amides is 1. The number of aromatic amines is 1. The van der Waals surface area contributed by atoms with E-state index in [-0.39, 0.29) is 18.6 Å². The fourth-order valence-corrected chi connectivity index (χ4v) is 4.29. The highest BCUT2D eigenvalue weighted by molar-refractivity contribution is 7.71. The quantitative estimate of drug-likeness (QED) is 0.565. The average molecular weight is 430 g/mol. The summed E-state index contributed by atoms with van der Waals surface area (Å²) in [5.74, 6) is 0.576. The Kier molecular flexibility index (Phi) is 6.50. The normalized spacial score (nSPS) is 17.3. The molecule has 1 aromatic carbocycles. The molecule has 1 unspecified atom stereocenters. The molecule has 2 aromatic heterocycles. The van der Waals surface area contributed by atoms with Crippen molar-refractivity contribution in [3.63, 3.8) is 0 Å². The first kappa shape index (κ1) is 20.0. The molecule has 1 aliphatic heterocycles.